The van der Waals surface area contributed by atoms with E-state index in [1.807, 2.05) is 30.0 Å². The van der Waals surface area contributed by atoms with Crippen LogP contribution < -0.4 is 5.56 Å². The summed E-state index contributed by atoms with van der Waals surface area (Å²) in [5.74, 6) is 1.01. The molecule has 2 atom stereocenters. The summed E-state index contributed by atoms with van der Waals surface area (Å²) in [4.78, 5) is 37.2. The number of likely N-dealkylation sites (tertiary alicyclic amines) is 2. The van der Waals surface area contributed by atoms with Gasteiger partial charge in [-0.15, -0.1) is 0 Å². The van der Waals surface area contributed by atoms with Crippen molar-refractivity contribution in [2.45, 2.75) is 44.6 Å². The number of nitrogens with zero attached hydrogens (tertiary/aromatic N) is 3. The number of nitrogens with one attached hydrogen (secondary N) is 1. The van der Waals surface area contributed by atoms with E-state index in [2.05, 4.69) is 14.9 Å². The van der Waals surface area contributed by atoms with Gasteiger partial charge in [-0.05, 0) is 57.8 Å². The van der Waals surface area contributed by atoms with E-state index in [1.54, 1.807) is 6.07 Å². The molecule has 6 nitrogen and oxygen atoms in total. The number of rotatable bonds is 3. The van der Waals surface area contributed by atoms with E-state index < -0.39 is 0 Å². The first-order valence-corrected chi connectivity index (χ1v) is 9.65. The van der Waals surface area contributed by atoms with Gasteiger partial charge in [0.1, 0.15) is 5.82 Å². The lowest BCUT2D eigenvalue weighted by Gasteiger charge is -2.36. The van der Waals surface area contributed by atoms with E-state index in [0.29, 0.717) is 17.8 Å². The first kappa shape index (κ1) is 17.2. The van der Waals surface area contributed by atoms with Crippen LogP contribution in [0.3, 0.4) is 0 Å². The molecule has 2 fully saturated rings. The molecule has 138 valence electrons. The Kier molecular flexibility index (Phi) is 4.76. The normalized spacial score (nSPS) is 22.7. The molecule has 26 heavy (non-hydrogen) atoms. The van der Waals surface area contributed by atoms with Crippen molar-refractivity contribution < 1.29 is 4.79 Å². The Morgan fingerprint density at radius 3 is 2.77 bits per heavy atom. The van der Waals surface area contributed by atoms with Gasteiger partial charge in [-0.2, -0.15) is 0 Å². The molecular formula is C20H26N4O2. The van der Waals surface area contributed by atoms with Crippen molar-refractivity contribution in [2.75, 3.05) is 26.2 Å². The first-order chi connectivity index (χ1) is 12.6. The number of amides is 1. The van der Waals surface area contributed by atoms with Crippen molar-refractivity contribution in [3.8, 4) is 0 Å². The lowest BCUT2D eigenvalue weighted by Crippen LogP contribution is -2.49. The Labute approximate surface area is 153 Å². The Morgan fingerprint density at radius 2 is 1.96 bits per heavy atom. The van der Waals surface area contributed by atoms with Gasteiger partial charge >= 0.3 is 0 Å². The number of carbonyl (C=O) groups excluding carboxylic acids is 1. The average Bonchev–Trinajstić information content (AvgIpc) is 3.22. The standard InChI is InChI=1S/C20H26N4O2/c1-14(23-10-4-5-11-23)20(26)24-12-6-7-15(13-24)18-21-17-9-3-2-8-16(17)19(25)22-18/h2-3,8-9,14-15H,4-7,10-13H2,1H3,(H,21,22,25)/t14-,15+/m1/s1. The fourth-order valence-electron chi connectivity index (χ4n) is 4.25. The molecule has 3 heterocycles. The molecule has 1 aromatic carbocycles. The van der Waals surface area contributed by atoms with Crippen LogP contribution in [0.2, 0.25) is 0 Å². The summed E-state index contributed by atoms with van der Waals surface area (Å²) in [5, 5.41) is 0.614. The Hall–Kier alpha value is -2.21. The van der Waals surface area contributed by atoms with Crippen LogP contribution in [-0.2, 0) is 4.79 Å². The summed E-state index contributed by atoms with van der Waals surface area (Å²) in [6.45, 7) is 5.49. The van der Waals surface area contributed by atoms with Crippen molar-refractivity contribution in [3.05, 3.63) is 40.4 Å². The minimum Gasteiger partial charge on any atom is -0.341 e. The number of benzene rings is 1. The minimum absolute atomic E-state index is 0.0557. The van der Waals surface area contributed by atoms with Crippen molar-refractivity contribution in [2.24, 2.45) is 0 Å². The van der Waals surface area contributed by atoms with Gasteiger partial charge in [-0.3, -0.25) is 14.5 Å². The van der Waals surface area contributed by atoms with E-state index in [-0.39, 0.29) is 23.4 Å². The molecule has 0 aliphatic carbocycles. The van der Waals surface area contributed by atoms with E-state index in [0.717, 1.165) is 38.0 Å². The van der Waals surface area contributed by atoms with Gasteiger partial charge < -0.3 is 9.88 Å². The molecule has 2 aliphatic rings. The second kappa shape index (κ2) is 7.19. The molecule has 2 saturated heterocycles. The monoisotopic (exact) mass is 354 g/mol. The molecule has 1 N–H and O–H groups in total. The number of H-pyrrole nitrogens is 1. The van der Waals surface area contributed by atoms with Gasteiger partial charge in [0, 0.05) is 19.0 Å². The van der Waals surface area contributed by atoms with Crippen LogP contribution in [0, 0.1) is 0 Å². The van der Waals surface area contributed by atoms with Gasteiger partial charge in [0.25, 0.3) is 5.56 Å². The highest BCUT2D eigenvalue weighted by molar-refractivity contribution is 5.81. The van der Waals surface area contributed by atoms with Crippen molar-refractivity contribution in [1.82, 2.24) is 19.8 Å². The molecule has 0 spiro atoms. The predicted octanol–water partition coefficient (Wildman–Crippen LogP) is 2.11. The van der Waals surface area contributed by atoms with E-state index >= 15 is 0 Å². The number of hydrogen-bond acceptors (Lipinski definition) is 4. The Morgan fingerprint density at radius 1 is 1.19 bits per heavy atom. The molecule has 4 rings (SSSR count). The van der Waals surface area contributed by atoms with Crippen LogP contribution in [0.5, 0.6) is 0 Å². The molecule has 1 amide bonds. The summed E-state index contributed by atoms with van der Waals surface area (Å²) < 4.78 is 0. The molecule has 2 aromatic rings. The topological polar surface area (TPSA) is 69.3 Å². The molecule has 1 aromatic heterocycles. The number of hydrogen-bond donors (Lipinski definition) is 1. The number of para-hydroxylation sites is 1. The fourth-order valence-corrected chi connectivity index (χ4v) is 4.25. The Bertz CT molecular complexity index is 856. The van der Waals surface area contributed by atoms with Crippen LogP contribution >= 0.6 is 0 Å². The molecular weight excluding hydrogens is 328 g/mol. The number of aromatic amines is 1. The maximum atomic E-state index is 12.9. The van der Waals surface area contributed by atoms with Crippen LogP contribution in [0.4, 0.5) is 0 Å². The second-order valence-corrected chi connectivity index (χ2v) is 7.51. The highest BCUT2D eigenvalue weighted by atomic mass is 16.2. The van der Waals surface area contributed by atoms with Crippen molar-refractivity contribution in [1.29, 1.82) is 0 Å². The zero-order chi connectivity index (χ0) is 18.1. The summed E-state index contributed by atoms with van der Waals surface area (Å²) in [6, 6.07) is 7.35. The van der Waals surface area contributed by atoms with Gasteiger partial charge in [0.05, 0.1) is 16.9 Å². The van der Waals surface area contributed by atoms with Crippen LogP contribution in [0.1, 0.15) is 44.3 Å². The highest BCUT2D eigenvalue weighted by Crippen LogP contribution is 2.26. The summed E-state index contributed by atoms with van der Waals surface area (Å²) >= 11 is 0. The van der Waals surface area contributed by atoms with Crippen LogP contribution in [0.15, 0.2) is 29.1 Å². The number of carbonyl (C=O) groups is 1. The second-order valence-electron chi connectivity index (χ2n) is 7.51. The third-order valence-corrected chi connectivity index (χ3v) is 5.80. The predicted molar refractivity (Wildman–Crippen MR) is 101 cm³/mol. The quantitative estimate of drug-likeness (QED) is 0.917. The lowest BCUT2D eigenvalue weighted by molar-refractivity contribution is -0.137. The average molecular weight is 354 g/mol. The zero-order valence-corrected chi connectivity index (χ0v) is 15.3. The van der Waals surface area contributed by atoms with E-state index in [1.165, 1.54) is 12.8 Å². The maximum Gasteiger partial charge on any atom is 0.258 e. The Balaban J connectivity index is 1.53. The van der Waals surface area contributed by atoms with Crippen LogP contribution in [-0.4, -0.2) is 57.9 Å². The number of fused-ring (bicyclic) bond motifs is 1. The molecule has 0 bridgehead atoms. The SMILES string of the molecule is C[C@H](C(=O)N1CCC[C@H](c2nc3ccccc3c(=O)[nH]2)C1)N1CCCC1. The molecule has 2 aliphatic heterocycles. The minimum atomic E-state index is -0.0977. The van der Waals surface area contributed by atoms with E-state index in [4.69, 9.17) is 0 Å². The summed E-state index contributed by atoms with van der Waals surface area (Å²) in [5.41, 5.74) is 0.625. The zero-order valence-electron chi connectivity index (χ0n) is 15.3. The number of piperidine rings is 1. The van der Waals surface area contributed by atoms with Crippen LogP contribution in [0.25, 0.3) is 10.9 Å². The van der Waals surface area contributed by atoms with Crippen molar-refractivity contribution in [3.63, 3.8) is 0 Å². The smallest absolute Gasteiger partial charge is 0.258 e. The van der Waals surface area contributed by atoms with Gasteiger partial charge in [0.15, 0.2) is 0 Å². The van der Waals surface area contributed by atoms with Gasteiger partial charge in [0.2, 0.25) is 5.91 Å². The molecule has 0 saturated carbocycles. The number of aromatic nitrogens is 2. The fraction of sp³-hybridized carbons (Fsp3) is 0.550. The third-order valence-electron chi connectivity index (χ3n) is 5.80. The molecule has 0 unspecified atom stereocenters. The van der Waals surface area contributed by atoms with Gasteiger partial charge in [-0.25, -0.2) is 4.98 Å². The summed E-state index contributed by atoms with van der Waals surface area (Å²) in [7, 11) is 0. The largest absolute Gasteiger partial charge is 0.341 e. The molecule has 6 heteroatoms. The first-order valence-electron chi connectivity index (χ1n) is 9.65. The van der Waals surface area contributed by atoms with Crippen molar-refractivity contribution >= 4 is 16.8 Å². The third kappa shape index (κ3) is 3.26. The highest BCUT2D eigenvalue weighted by Gasteiger charge is 2.32. The molecule has 0 radical (unpaired) electrons. The maximum absolute atomic E-state index is 12.9. The summed E-state index contributed by atoms with van der Waals surface area (Å²) in [6.07, 6.45) is 4.26. The lowest BCUT2D eigenvalue weighted by atomic mass is 9.96. The van der Waals surface area contributed by atoms with E-state index in [9.17, 15) is 9.59 Å². The van der Waals surface area contributed by atoms with Gasteiger partial charge in [-0.1, -0.05) is 12.1 Å².